The van der Waals surface area contributed by atoms with Gasteiger partial charge in [-0.25, -0.2) is 0 Å². The SMILES string of the molecule is Cc1noc(C)c1CC(=O)Nc1ccc(Cl)cc1C(=O)N1[C@H](C)CCC[C@@H]1C. The number of likely N-dealkylation sites (tertiary alicyclic amines) is 1. The Bertz CT molecular complexity index is 864. The maximum Gasteiger partial charge on any atom is 0.256 e. The molecule has 0 radical (unpaired) electrons. The highest BCUT2D eigenvalue weighted by Crippen LogP contribution is 2.29. The van der Waals surface area contributed by atoms with Crippen LogP contribution >= 0.6 is 11.6 Å². The maximum atomic E-state index is 13.3. The van der Waals surface area contributed by atoms with Crippen molar-refractivity contribution in [2.45, 2.75) is 65.5 Å². The van der Waals surface area contributed by atoms with Gasteiger partial charge < -0.3 is 14.7 Å². The number of anilines is 1. The number of rotatable bonds is 4. The number of hydrogen-bond donors (Lipinski definition) is 1. The second-order valence-electron chi connectivity index (χ2n) is 7.56. The molecule has 1 fully saturated rings. The molecule has 0 saturated carbocycles. The number of halogens is 1. The molecule has 0 unspecified atom stereocenters. The van der Waals surface area contributed by atoms with E-state index in [1.165, 1.54) is 0 Å². The maximum absolute atomic E-state index is 13.3. The molecule has 3 rings (SSSR count). The Morgan fingerprint density at radius 3 is 2.54 bits per heavy atom. The summed E-state index contributed by atoms with van der Waals surface area (Å²) in [6.45, 7) is 7.70. The van der Waals surface area contributed by atoms with Gasteiger partial charge in [-0.3, -0.25) is 9.59 Å². The lowest BCUT2D eigenvalue weighted by atomic mass is 9.96. The standard InChI is InChI=1S/C21H26ClN3O3/c1-12-6-5-7-13(2)25(12)21(27)18-10-16(22)8-9-19(18)23-20(26)11-17-14(3)24-28-15(17)4/h8-10,12-13H,5-7,11H2,1-4H3,(H,23,26)/t12-,13+. The zero-order valence-corrected chi connectivity index (χ0v) is 17.5. The van der Waals surface area contributed by atoms with Gasteiger partial charge in [-0.2, -0.15) is 0 Å². The summed E-state index contributed by atoms with van der Waals surface area (Å²) in [6.07, 6.45) is 3.20. The summed E-state index contributed by atoms with van der Waals surface area (Å²) in [6, 6.07) is 5.29. The highest BCUT2D eigenvalue weighted by molar-refractivity contribution is 6.31. The number of nitrogens with one attached hydrogen (secondary N) is 1. The first-order valence-electron chi connectivity index (χ1n) is 9.61. The second-order valence-corrected chi connectivity index (χ2v) is 8.00. The number of piperidine rings is 1. The minimum absolute atomic E-state index is 0.102. The molecule has 150 valence electrons. The van der Waals surface area contributed by atoms with Gasteiger partial charge in [-0.15, -0.1) is 0 Å². The molecule has 0 aliphatic carbocycles. The number of carbonyl (C=O) groups excluding carboxylic acids is 2. The van der Waals surface area contributed by atoms with E-state index in [9.17, 15) is 9.59 Å². The summed E-state index contributed by atoms with van der Waals surface area (Å²) in [7, 11) is 0. The number of amides is 2. The van der Waals surface area contributed by atoms with Gasteiger partial charge in [0.2, 0.25) is 5.91 Å². The van der Waals surface area contributed by atoms with Gasteiger partial charge in [0, 0.05) is 22.7 Å². The Kier molecular flexibility index (Phi) is 6.08. The van der Waals surface area contributed by atoms with Crippen LogP contribution in [0.15, 0.2) is 22.7 Å². The van der Waals surface area contributed by atoms with E-state index in [0.29, 0.717) is 27.7 Å². The van der Waals surface area contributed by atoms with Crippen molar-refractivity contribution in [3.05, 3.63) is 45.8 Å². The van der Waals surface area contributed by atoms with E-state index in [-0.39, 0.29) is 30.3 Å². The Labute approximate surface area is 170 Å². The van der Waals surface area contributed by atoms with Crippen molar-refractivity contribution in [2.24, 2.45) is 0 Å². The van der Waals surface area contributed by atoms with Crippen LogP contribution in [0.3, 0.4) is 0 Å². The predicted molar refractivity (Wildman–Crippen MR) is 109 cm³/mol. The molecule has 0 spiro atoms. The zero-order chi connectivity index (χ0) is 20.4. The van der Waals surface area contributed by atoms with Crippen molar-refractivity contribution < 1.29 is 14.1 Å². The highest BCUT2D eigenvalue weighted by atomic mass is 35.5. The molecule has 7 heteroatoms. The molecule has 2 amide bonds. The van der Waals surface area contributed by atoms with Gasteiger partial charge in [0.05, 0.1) is 23.4 Å². The fourth-order valence-electron chi connectivity index (χ4n) is 3.87. The first-order chi connectivity index (χ1) is 13.3. The Morgan fingerprint density at radius 1 is 1.25 bits per heavy atom. The molecule has 2 aromatic rings. The van der Waals surface area contributed by atoms with E-state index in [2.05, 4.69) is 24.3 Å². The predicted octanol–water partition coefficient (Wildman–Crippen LogP) is 4.53. The smallest absolute Gasteiger partial charge is 0.256 e. The monoisotopic (exact) mass is 403 g/mol. The molecule has 2 heterocycles. The Morgan fingerprint density at radius 2 is 1.93 bits per heavy atom. The number of nitrogens with zero attached hydrogens (tertiary/aromatic N) is 2. The van der Waals surface area contributed by atoms with E-state index in [1.807, 2.05) is 4.90 Å². The molecule has 1 saturated heterocycles. The second kappa shape index (κ2) is 8.35. The van der Waals surface area contributed by atoms with Gasteiger partial charge in [-0.1, -0.05) is 16.8 Å². The van der Waals surface area contributed by atoms with Crippen molar-refractivity contribution in [2.75, 3.05) is 5.32 Å². The van der Waals surface area contributed by atoms with Gasteiger partial charge in [-0.05, 0) is 65.2 Å². The third-order valence-electron chi connectivity index (χ3n) is 5.43. The molecule has 1 N–H and O–H groups in total. The quantitative estimate of drug-likeness (QED) is 0.813. The first kappa shape index (κ1) is 20.4. The van der Waals surface area contributed by atoms with Crippen LogP contribution in [-0.4, -0.2) is 34.0 Å². The van der Waals surface area contributed by atoms with Crippen molar-refractivity contribution in [1.82, 2.24) is 10.1 Å². The summed E-state index contributed by atoms with van der Waals surface area (Å²) in [5.41, 5.74) is 2.34. The fourth-order valence-corrected chi connectivity index (χ4v) is 4.04. The lowest BCUT2D eigenvalue weighted by Crippen LogP contribution is -2.47. The van der Waals surface area contributed by atoms with Crippen molar-refractivity contribution in [1.29, 1.82) is 0 Å². The lowest BCUT2D eigenvalue weighted by Gasteiger charge is -2.39. The summed E-state index contributed by atoms with van der Waals surface area (Å²) in [5, 5.41) is 7.21. The van der Waals surface area contributed by atoms with E-state index in [0.717, 1.165) is 24.8 Å². The molecule has 0 bridgehead atoms. The van der Waals surface area contributed by atoms with Gasteiger partial charge >= 0.3 is 0 Å². The summed E-state index contributed by atoms with van der Waals surface area (Å²) in [5.74, 6) is 0.288. The topological polar surface area (TPSA) is 75.4 Å². The number of aromatic nitrogens is 1. The molecule has 1 aromatic carbocycles. The number of carbonyl (C=O) groups is 2. The normalized spacial score (nSPS) is 19.5. The average Bonchev–Trinajstić information content (AvgIpc) is 2.95. The molecule has 1 aliphatic rings. The molecular formula is C21H26ClN3O3. The van der Waals surface area contributed by atoms with Gasteiger partial charge in [0.15, 0.2) is 0 Å². The van der Waals surface area contributed by atoms with Crippen molar-refractivity contribution in [3.8, 4) is 0 Å². The van der Waals surface area contributed by atoms with E-state index in [4.69, 9.17) is 16.1 Å². The molecular weight excluding hydrogens is 378 g/mol. The van der Waals surface area contributed by atoms with Gasteiger partial charge in [0.25, 0.3) is 5.91 Å². The third kappa shape index (κ3) is 4.22. The number of aryl methyl sites for hydroxylation is 2. The average molecular weight is 404 g/mol. The minimum atomic E-state index is -0.231. The van der Waals surface area contributed by atoms with Crippen LogP contribution in [0.5, 0.6) is 0 Å². The molecule has 28 heavy (non-hydrogen) atoms. The van der Waals surface area contributed by atoms with Crippen LogP contribution in [0, 0.1) is 13.8 Å². The Hall–Kier alpha value is -2.34. The van der Waals surface area contributed by atoms with Crippen LogP contribution in [0.25, 0.3) is 0 Å². The van der Waals surface area contributed by atoms with Crippen LogP contribution in [0.4, 0.5) is 5.69 Å². The number of hydrogen-bond acceptors (Lipinski definition) is 4. The summed E-state index contributed by atoms with van der Waals surface area (Å²) >= 11 is 6.16. The van der Waals surface area contributed by atoms with Crippen LogP contribution in [0.2, 0.25) is 5.02 Å². The first-order valence-corrected chi connectivity index (χ1v) is 9.99. The van der Waals surface area contributed by atoms with Crippen molar-refractivity contribution >= 4 is 29.1 Å². The zero-order valence-electron chi connectivity index (χ0n) is 16.7. The molecule has 2 atom stereocenters. The van der Waals surface area contributed by atoms with E-state index < -0.39 is 0 Å². The van der Waals surface area contributed by atoms with Crippen molar-refractivity contribution in [3.63, 3.8) is 0 Å². The van der Waals surface area contributed by atoms with Crippen LogP contribution in [-0.2, 0) is 11.2 Å². The fraction of sp³-hybridized carbons (Fsp3) is 0.476. The Balaban J connectivity index is 1.84. The highest BCUT2D eigenvalue weighted by Gasteiger charge is 2.31. The molecule has 1 aliphatic heterocycles. The third-order valence-corrected chi connectivity index (χ3v) is 5.67. The van der Waals surface area contributed by atoms with E-state index in [1.54, 1.807) is 32.0 Å². The van der Waals surface area contributed by atoms with Gasteiger partial charge in [0.1, 0.15) is 5.76 Å². The summed E-state index contributed by atoms with van der Waals surface area (Å²) in [4.78, 5) is 27.8. The number of benzene rings is 1. The molecule has 1 aromatic heterocycles. The van der Waals surface area contributed by atoms with Crippen LogP contribution in [0.1, 0.15) is 60.5 Å². The lowest BCUT2D eigenvalue weighted by molar-refractivity contribution is -0.115. The van der Waals surface area contributed by atoms with E-state index >= 15 is 0 Å². The largest absolute Gasteiger partial charge is 0.361 e. The van der Waals surface area contributed by atoms with Crippen LogP contribution < -0.4 is 5.32 Å². The summed E-state index contributed by atoms with van der Waals surface area (Å²) < 4.78 is 5.12. The molecule has 6 nitrogen and oxygen atoms in total. The minimum Gasteiger partial charge on any atom is -0.361 e.